The summed E-state index contributed by atoms with van der Waals surface area (Å²) in [4.78, 5) is 8.43. The number of nitrogens with zero attached hydrogens (tertiary/aromatic N) is 5. The maximum atomic E-state index is 9.97. The molecule has 322 valence electrons. The molecule has 6 nitrogen and oxygen atoms in total. The van der Waals surface area contributed by atoms with Gasteiger partial charge in [0.15, 0.2) is 0 Å². The Morgan fingerprint density at radius 1 is 0.636 bits per heavy atom. The summed E-state index contributed by atoms with van der Waals surface area (Å²) in [6, 6.07) is 43.2. The number of para-hydroxylation sites is 3. The molecule has 0 saturated carbocycles. The van der Waals surface area contributed by atoms with Gasteiger partial charge in [0.1, 0.15) is 5.82 Å². The number of fused-ring (bicyclic) bond motifs is 4. The molecule has 1 aliphatic rings. The Bertz CT molecular complexity index is 3930. The molecule has 0 unspecified atom stereocenters. The van der Waals surface area contributed by atoms with Gasteiger partial charge in [0.25, 0.3) is 0 Å². The van der Waals surface area contributed by atoms with Crippen molar-refractivity contribution in [3.05, 3.63) is 224 Å². The van der Waals surface area contributed by atoms with Crippen LogP contribution in [0.15, 0.2) is 194 Å². The number of benzene rings is 8. The van der Waals surface area contributed by atoms with Crippen molar-refractivity contribution in [3.8, 4) is 56.8 Å². The molecule has 0 atom stereocenters. The fraction of sp³-hybridized carbons (Fsp3) is 0.0678. The van der Waals surface area contributed by atoms with E-state index < -0.39 is 60.4 Å². The number of rotatable bonds is 8. The summed E-state index contributed by atoms with van der Waals surface area (Å²) >= 11 is 0. The molecule has 0 spiro atoms. The first kappa shape index (κ1) is 32.0. The average molecular weight is 1040 g/mol. The van der Waals surface area contributed by atoms with Crippen molar-refractivity contribution < 1.29 is 39.5 Å². The Morgan fingerprint density at radius 2 is 1.29 bits per heavy atom. The van der Waals surface area contributed by atoms with E-state index in [1.54, 1.807) is 35.8 Å². The van der Waals surface area contributed by atoms with Crippen LogP contribution in [0.2, 0.25) is 0 Å². The van der Waals surface area contributed by atoms with Crippen LogP contribution in [0.1, 0.15) is 45.6 Å². The van der Waals surface area contributed by atoms with Crippen LogP contribution in [-0.2, 0) is 26.5 Å². The zero-order valence-corrected chi connectivity index (χ0v) is 38.0. The number of hydrogen-bond acceptors (Lipinski definition) is 5. The summed E-state index contributed by atoms with van der Waals surface area (Å²) in [6.45, 7) is 8.19. The molecule has 1 aliphatic heterocycles. The van der Waals surface area contributed by atoms with Gasteiger partial charge in [-0.3, -0.25) is 0 Å². The quantitative estimate of drug-likeness (QED) is 0.142. The van der Waals surface area contributed by atoms with E-state index in [2.05, 4.69) is 55.7 Å². The molecule has 0 amide bonds. The second-order valence-corrected chi connectivity index (χ2v) is 16.5. The van der Waals surface area contributed by atoms with Gasteiger partial charge in [-0.2, -0.15) is 17.4 Å². The van der Waals surface area contributed by atoms with Gasteiger partial charge in [0, 0.05) is 72.5 Å². The smallest absolute Gasteiger partial charge is 0.135 e. The second-order valence-electron chi connectivity index (χ2n) is 16.5. The Morgan fingerprint density at radius 3 is 2.00 bits per heavy atom. The maximum absolute atomic E-state index is 9.97. The van der Waals surface area contributed by atoms with Crippen molar-refractivity contribution >= 4 is 44.6 Å². The number of hydrogen-bond donors (Lipinski definition) is 0. The molecule has 2 aromatic heterocycles. The van der Waals surface area contributed by atoms with Crippen LogP contribution in [0.5, 0.6) is 11.5 Å². The summed E-state index contributed by atoms with van der Waals surface area (Å²) < 4.78 is 95.9. The van der Waals surface area contributed by atoms with Crippen LogP contribution in [0.3, 0.4) is 0 Å². The van der Waals surface area contributed by atoms with Gasteiger partial charge in [0.05, 0.1) is 25.3 Å². The molecular weight excluding hydrogens is 990 g/mol. The van der Waals surface area contributed by atoms with Crippen LogP contribution in [0, 0.1) is 30.1 Å². The largest absolute Gasteiger partial charge is 0.509 e. The molecule has 3 heterocycles. The van der Waals surface area contributed by atoms with Crippen molar-refractivity contribution in [1.82, 2.24) is 9.55 Å². The zero-order chi connectivity index (χ0) is 52.8. The van der Waals surface area contributed by atoms with E-state index in [4.69, 9.17) is 23.4 Å². The first-order chi connectivity index (χ1) is 36.0. The predicted molar refractivity (Wildman–Crippen MR) is 264 cm³/mol. The maximum Gasteiger partial charge on any atom is 0.135 e. The van der Waals surface area contributed by atoms with E-state index in [0.717, 1.165) is 33.0 Å². The third kappa shape index (κ3) is 7.62. The minimum absolute atomic E-state index is 0. The minimum atomic E-state index is -0.574. The van der Waals surface area contributed by atoms with Gasteiger partial charge in [-0.1, -0.05) is 147 Å². The van der Waals surface area contributed by atoms with E-state index in [1.165, 1.54) is 0 Å². The third-order valence-corrected chi connectivity index (χ3v) is 11.5. The molecule has 0 aliphatic carbocycles. The standard InChI is InChI=1S/C59H42N5O.Pt/c1-59(2,3)44-32-33-61-57(35-44)64-53-31-28-42(48-23-11-10-20-43(48)38-60)34-52(53)51-30-29-47(37-56(51)64)65-46-22-14-21-45(36-46)62-39-63(55-27-13-12-26-54(55)62)58-49(40-16-6-4-7-17-40)24-15-25-50(58)41-18-8-5-9-19-41;/h4-35,39H,1-3H3;/q-3;/i4D,5D,6D,7D,8D,9D,16D,17D,18D,19D;. The number of pyridine rings is 1. The normalized spacial score (nSPS) is 14.3. The van der Waals surface area contributed by atoms with E-state index in [1.807, 2.05) is 102 Å². The first-order valence-corrected chi connectivity index (χ1v) is 20.9. The Hall–Kier alpha value is -7.71. The van der Waals surface area contributed by atoms with Gasteiger partial charge in [-0.05, 0) is 75.0 Å². The molecule has 0 N–H and O–H groups in total. The Labute approximate surface area is 413 Å². The molecule has 66 heavy (non-hydrogen) atoms. The van der Waals surface area contributed by atoms with Gasteiger partial charge in [0.2, 0.25) is 0 Å². The van der Waals surface area contributed by atoms with Crippen LogP contribution in [-0.4, -0.2) is 9.55 Å². The van der Waals surface area contributed by atoms with Gasteiger partial charge in [-0.15, -0.1) is 48.1 Å². The molecule has 10 aromatic rings. The van der Waals surface area contributed by atoms with Crippen LogP contribution < -0.4 is 14.5 Å². The molecule has 0 bridgehead atoms. The van der Waals surface area contributed by atoms with Crippen molar-refractivity contribution in [1.29, 1.82) is 5.26 Å². The summed E-state index contributed by atoms with van der Waals surface area (Å²) in [7, 11) is 0. The number of nitriles is 1. The van der Waals surface area contributed by atoms with Crippen molar-refractivity contribution in [3.63, 3.8) is 0 Å². The van der Waals surface area contributed by atoms with E-state index in [-0.39, 0.29) is 54.4 Å². The zero-order valence-electron chi connectivity index (χ0n) is 45.7. The van der Waals surface area contributed by atoms with E-state index >= 15 is 0 Å². The van der Waals surface area contributed by atoms with Crippen molar-refractivity contribution in [2.45, 2.75) is 26.2 Å². The number of aromatic nitrogens is 2. The molecule has 0 radical (unpaired) electrons. The molecule has 0 fully saturated rings. The summed E-state index contributed by atoms with van der Waals surface area (Å²) in [5, 5.41) is 11.8. The number of ether oxygens (including phenoxy) is 1. The van der Waals surface area contributed by atoms with Crippen molar-refractivity contribution in [2.75, 3.05) is 9.80 Å². The van der Waals surface area contributed by atoms with Gasteiger partial charge in [-0.25, -0.2) is 4.98 Å². The number of anilines is 4. The Kier molecular flexibility index (Phi) is 8.42. The molecule has 7 heteroatoms. The SMILES string of the molecule is [2H]c1c([2H])c([2H])c(-c2cccc(-c3c([2H])c([2H])c([2H])c([2H])c3[2H])c2N2[CH-]N(c3[c-]c(Oc4[c-]c5c(cc4)c4cc(-c6ccccc6C#N)ccc4n5-c4cc(C(C)(C)C)ccn4)ccc3)c3ccccc32)c([2H])c1[2H].[Pt]. The average Bonchev–Trinajstić information content (AvgIpc) is 3.98. The summed E-state index contributed by atoms with van der Waals surface area (Å²) in [5.41, 5.74) is 6.84. The monoisotopic (exact) mass is 1040 g/mol. The molecule has 8 aromatic carbocycles. The van der Waals surface area contributed by atoms with Crippen LogP contribution in [0.25, 0.3) is 61.0 Å². The van der Waals surface area contributed by atoms with Gasteiger partial charge >= 0.3 is 0 Å². The van der Waals surface area contributed by atoms with E-state index in [9.17, 15) is 5.26 Å². The Balaban J connectivity index is 0.00000657. The summed E-state index contributed by atoms with van der Waals surface area (Å²) in [6.07, 6.45) is 1.81. The second kappa shape index (κ2) is 17.3. The van der Waals surface area contributed by atoms with Crippen LogP contribution in [0.4, 0.5) is 22.7 Å². The van der Waals surface area contributed by atoms with Crippen LogP contribution >= 0.6 is 0 Å². The fourth-order valence-electron chi connectivity index (χ4n) is 8.44. The predicted octanol–water partition coefficient (Wildman–Crippen LogP) is 15.1. The topological polar surface area (TPSA) is 57.3 Å². The van der Waals surface area contributed by atoms with Gasteiger partial charge < -0.3 is 19.1 Å². The molecular formula is C59H42N5OPt-3. The minimum Gasteiger partial charge on any atom is -0.509 e. The fourth-order valence-corrected chi connectivity index (χ4v) is 8.44. The molecule has 11 rings (SSSR count). The molecule has 0 saturated heterocycles. The van der Waals surface area contributed by atoms with Crippen molar-refractivity contribution in [2.24, 2.45) is 0 Å². The summed E-state index contributed by atoms with van der Waals surface area (Å²) in [5.74, 6) is 1.44. The first-order valence-electron chi connectivity index (χ1n) is 25.9. The van der Waals surface area contributed by atoms with E-state index in [0.29, 0.717) is 45.5 Å². The third-order valence-electron chi connectivity index (χ3n) is 11.5.